The predicted octanol–water partition coefficient (Wildman–Crippen LogP) is 2.51. The molecule has 0 atom stereocenters. The quantitative estimate of drug-likeness (QED) is 0.718. The lowest BCUT2D eigenvalue weighted by Crippen LogP contribution is -2.27. The third-order valence-electron chi connectivity index (χ3n) is 2.47. The van der Waals surface area contributed by atoms with Crippen molar-refractivity contribution in [3.05, 3.63) is 0 Å². The van der Waals surface area contributed by atoms with Crippen LogP contribution >= 0.6 is 0 Å². The van der Waals surface area contributed by atoms with E-state index in [2.05, 4.69) is 0 Å². The molecule has 0 bridgehead atoms. The monoisotopic (exact) mass is 185 g/mol. The molecule has 2 nitrogen and oxygen atoms in total. The zero-order valence-corrected chi connectivity index (χ0v) is 9.18. The molecule has 0 heterocycles. The molecule has 2 heteroatoms. The lowest BCUT2D eigenvalue weighted by Gasteiger charge is -2.24. The lowest BCUT2D eigenvalue weighted by molar-refractivity contribution is -0.118. The molecule has 0 radical (unpaired) electrons. The molecule has 1 aliphatic carbocycles. The van der Waals surface area contributed by atoms with Crippen molar-refractivity contribution < 1.29 is 4.79 Å². The predicted molar refractivity (Wildman–Crippen MR) is 56.6 cm³/mol. The van der Waals surface area contributed by atoms with E-state index in [1.54, 1.807) is 6.92 Å². The summed E-state index contributed by atoms with van der Waals surface area (Å²) in [5, 5.41) is 0. The molecule has 0 aromatic heterocycles. The van der Waals surface area contributed by atoms with Crippen LogP contribution in [-0.2, 0) is 4.79 Å². The number of nitrogens with two attached hydrogens (primary N) is 1. The van der Waals surface area contributed by atoms with E-state index < -0.39 is 0 Å². The van der Waals surface area contributed by atoms with Gasteiger partial charge in [-0.15, -0.1) is 0 Å². The fourth-order valence-electron chi connectivity index (χ4n) is 1.80. The van der Waals surface area contributed by atoms with E-state index in [0.29, 0.717) is 17.7 Å². The van der Waals surface area contributed by atoms with Crippen LogP contribution in [0.25, 0.3) is 0 Å². The molecular weight excluding hydrogens is 162 g/mol. The normalized spacial score (nSPS) is 27.4. The van der Waals surface area contributed by atoms with Gasteiger partial charge < -0.3 is 10.5 Å². The van der Waals surface area contributed by atoms with Gasteiger partial charge in [0, 0.05) is 12.5 Å². The average Bonchev–Trinajstić information content (AvgIpc) is 2.12. The van der Waals surface area contributed by atoms with Gasteiger partial charge in [0.25, 0.3) is 0 Å². The lowest BCUT2D eigenvalue weighted by atomic mass is 9.84. The third-order valence-corrected chi connectivity index (χ3v) is 2.47. The molecule has 0 unspecified atom stereocenters. The molecule has 0 amide bonds. The van der Waals surface area contributed by atoms with E-state index in [1.807, 2.05) is 13.8 Å². The minimum atomic E-state index is 0.325. The van der Waals surface area contributed by atoms with Crippen molar-refractivity contribution in [2.75, 3.05) is 0 Å². The van der Waals surface area contributed by atoms with Crippen LogP contribution in [0.4, 0.5) is 0 Å². The van der Waals surface area contributed by atoms with Crippen LogP contribution in [0.2, 0.25) is 0 Å². The Hall–Kier alpha value is -0.370. The summed E-state index contributed by atoms with van der Waals surface area (Å²) in [6, 6.07) is 0.401. The second kappa shape index (κ2) is 7.07. The molecule has 1 saturated carbocycles. The van der Waals surface area contributed by atoms with Gasteiger partial charge in [0.2, 0.25) is 0 Å². The van der Waals surface area contributed by atoms with Crippen LogP contribution in [-0.4, -0.2) is 11.8 Å². The summed E-state index contributed by atoms with van der Waals surface area (Å²) in [4.78, 5) is 10.8. The van der Waals surface area contributed by atoms with Gasteiger partial charge >= 0.3 is 0 Å². The first kappa shape index (κ1) is 12.6. The summed E-state index contributed by atoms with van der Waals surface area (Å²) in [6.45, 7) is 5.68. The summed E-state index contributed by atoms with van der Waals surface area (Å²) in [5.41, 5.74) is 5.74. The molecule has 1 fully saturated rings. The first-order valence-corrected chi connectivity index (χ1v) is 5.43. The second-order valence-corrected chi connectivity index (χ2v) is 3.69. The smallest absolute Gasteiger partial charge is 0.130 e. The van der Waals surface area contributed by atoms with Crippen LogP contribution in [0.3, 0.4) is 0 Å². The molecule has 0 saturated heterocycles. The maximum atomic E-state index is 10.8. The van der Waals surface area contributed by atoms with Crippen molar-refractivity contribution >= 4 is 5.78 Å². The fourth-order valence-corrected chi connectivity index (χ4v) is 1.80. The zero-order chi connectivity index (χ0) is 10.3. The second-order valence-electron chi connectivity index (χ2n) is 3.69. The molecule has 1 rings (SSSR count). The van der Waals surface area contributed by atoms with Crippen molar-refractivity contribution in [1.82, 2.24) is 0 Å². The van der Waals surface area contributed by atoms with E-state index in [9.17, 15) is 4.79 Å². The van der Waals surface area contributed by atoms with Crippen molar-refractivity contribution in [3.63, 3.8) is 0 Å². The molecular formula is C11H23NO. The summed E-state index contributed by atoms with van der Waals surface area (Å²) in [7, 11) is 0. The molecule has 13 heavy (non-hydrogen) atoms. The summed E-state index contributed by atoms with van der Waals surface area (Å²) >= 11 is 0. The van der Waals surface area contributed by atoms with Crippen LogP contribution in [0.1, 0.15) is 52.9 Å². The largest absolute Gasteiger partial charge is 0.328 e. The van der Waals surface area contributed by atoms with E-state index in [0.717, 1.165) is 32.1 Å². The Bertz CT molecular complexity index is 137. The zero-order valence-electron chi connectivity index (χ0n) is 9.18. The summed E-state index contributed by atoms with van der Waals surface area (Å²) < 4.78 is 0. The highest BCUT2D eigenvalue weighted by molar-refractivity contribution is 5.75. The van der Waals surface area contributed by atoms with Gasteiger partial charge in [0.15, 0.2) is 0 Å². The first-order chi connectivity index (χ1) is 6.18. The maximum Gasteiger partial charge on any atom is 0.130 e. The minimum absolute atomic E-state index is 0.325. The Morgan fingerprint density at radius 2 is 1.69 bits per heavy atom. The first-order valence-electron chi connectivity index (χ1n) is 5.43. The van der Waals surface area contributed by atoms with E-state index in [4.69, 9.17) is 5.73 Å². The number of ketones is 1. The van der Waals surface area contributed by atoms with Crippen molar-refractivity contribution in [2.45, 2.75) is 58.9 Å². The number of carbonyl (C=O) groups excluding carboxylic acids is 1. The maximum absolute atomic E-state index is 10.8. The highest BCUT2D eigenvalue weighted by Crippen LogP contribution is 2.25. The van der Waals surface area contributed by atoms with E-state index >= 15 is 0 Å². The third kappa shape index (κ3) is 5.81. The highest BCUT2D eigenvalue weighted by atomic mass is 16.1. The number of hydrogen-bond acceptors (Lipinski definition) is 2. The Morgan fingerprint density at radius 3 is 2.08 bits per heavy atom. The van der Waals surface area contributed by atoms with Crippen molar-refractivity contribution in [3.8, 4) is 0 Å². The SMILES string of the molecule is CC.CC(=O)CC1CCC(N)CC1. The van der Waals surface area contributed by atoms with Gasteiger partial charge in [0.05, 0.1) is 0 Å². The fraction of sp³-hybridized carbons (Fsp3) is 0.909. The Labute approximate surface area is 81.9 Å². The Kier molecular flexibility index (Phi) is 6.87. The van der Waals surface area contributed by atoms with E-state index in [1.165, 1.54) is 0 Å². The van der Waals surface area contributed by atoms with Crippen LogP contribution < -0.4 is 5.73 Å². The molecule has 1 aliphatic rings. The van der Waals surface area contributed by atoms with Gasteiger partial charge in [0.1, 0.15) is 5.78 Å². The van der Waals surface area contributed by atoms with Gasteiger partial charge in [-0.1, -0.05) is 13.8 Å². The van der Waals surface area contributed by atoms with Crippen LogP contribution in [0.5, 0.6) is 0 Å². The van der Waals surface area contributed by atoms with Crippen molar-refractivity contribution in [2.24, 2.45) is 11.7 Å². The van der Waals surface area contributed by atoms with Gasteiger partial charge in [-0.3, -0.25) is 0 Å². The Morgan fingerprint density at radius 1 is 1.23 bits per heavy atom. The summed E-state index contributed by atoms with van der Waals surface area (Å²) in [5.74, 6) is 0.956. The van der Waals surface area contributed by atoms with Crippen molar-refractivity contribution in [1.29, 1.82) is 0 Å². The van der Waals surface area contributed by atoms with Crippen LogP contribution in [0.15, 0.2) is 0 Å². The number of Topliss-reactive ketones (excluding diaryl/α,β-unsaturated/α-hetero) is 1. The molecule has 78 valence electrons. The van der Waals surface area contributed by atoms with Gasteiger partial charge in [-0.05, 0) is 38.5 Å². The van der Waals surface area contributed by atoms with Gasteiger partial charge in [-0.2, -0.15) is 0 Å². The topological polar surface area (TPSA) is 43.1 Å². The molecule has 2 N–H and O–H groups in total. The molecule has 0 spiro atoms. The summed E-state index contributed by atoms with van der Waals surface area (Å²) in [6.07, 6.45) is 5.30. The standard InChI is InChI=1S/C9H17NO.C2H6/c1-7(11)6-8-2-4-9(10)5-3-8;1-2/h8-9H,2-6,10H2,1H3;1-2H3. The molecule has 0 aromatic rings. The molecule has 0 aromatic carbocycles. The number of carbonyl (C=O) groups is 1. The average molecular weight is 185 g/mol. The van der Waals surface area contributed by atoms with Gasteiger partial charge in [-0.25, -0.2) is 0 Å². The highest BCUT2D eigenvalue weighted by Gasteiger charge is 2.19. The van der Waals surface area contributed by atoms with Crippen LogP contribution in [0, 0.1) is 5.92 Å². The molecule has 0 aliphatic heterocycles. The van der Waals surface area contributed by atoms with E-state index in [-0.39, 0.29) is 0 Å². The Balaban J connectivity index is 0.000000671. The minimum Gasteiger partial charge on any atom is -0.328 e. The number of rotatable bonds is 2. The number of hydrogen-bond donors (Lipinski definition) is 1.